The molecule has 2 rings (SSSR count). The number of thiocarbonyl (C=S) groups is 1. The van der Waals surface area contributed by atoms with Gasteiger partial charge < -0.3 is 4.74 Å². The predicted octanol–water partition coefficient (Wildman–Crippen LogP) is 3.24. The molecular weight excluding hydrogens is 336 g/mol. The number of carbonyl (C=O) groups excluding carboxylic acids is 2. The Labute approximate surface area is 154 Å². The third kappa shape index (κ3) is 4.66. The van der Waals surface area contributed by atoms with Crippen molar-refractivity contribution >= 4 is 35.2 Å². The van der Waals surface area contributed by atoms with E-state index in [9.17, 15) is 9.59 Å². The van der Waals surface area contributed by atoms with Crippen molar-refractivity contribution in [3.05, 3.63) is 35.4 Å². The van der Waals surface area contributed by atoms with Crippen LogP contribution in [0.4, 0.5) is 0 Å². The first-order valence-electron chi connectivity index (χ1n) is 8.50. The van der Waals surface area contributed by atoms with Crippen LogP contribution in [-0.2, 0) is 9.59 Å². The molecule has 1 aromatic carbocycles. The Kier molecular flexibility index (Phi) is 6.70. The van der Waals surface area contributed by atoms with E-state index in [2.05, 4.69) is 6.92 Å². The summed E-state index contributed by atoms with van der Waals surface area (Å²) in [5, 5.41) is 0.207. The van der Waals surface area contributed by atoms with E-state index in [-0.39, 0.29) is 22.5 Å². The molecule has 1 aliphatic heterocycles. The molecule has 0 unspecified atom stereocenters. The highest BCUT2D eigenvalue weighted by atomic mass is 32.1. The van der Waals surface area contributed by atoms with Crippen LogP contribution in [0, 0.1) is 0 Å². The number of unbranched alkanes of at least 4 members (excludes halogenated alkanes) is 3. The summed E-state index contributed by atoms with van der Waals surface area (Å²) in [7, 11) is 3.13. The first-order chi connectivity index (χ1) is 12.0. The van der Waals surface area contributed by atoms with E-state index in [4.69, 9.17) is 17.0 Å². The number of amides is 2. The smallest absolute Gasteiger partial charge is 0.265 e. The van der Waals surface area contributed by atoms with Gasteiger partial charge in [0.25, 0.3) is 11.8 Å². The third-order valence-electron chi connectivity index (χ3n) is 4.10. The monoisotopic (exact) mass is 360 g/mol. The lowest BCUT2D eigenvalue weighted by Gasteiger charge is -2.31. The third-order valence-corrected chi connectivity index (χ3v) is 4.65. The molecule has 0 aliphatic carbocycles. The summed E-state index contributed by atoms with van der Waals surface area (Å²) in [6, 6.07) is 7.37. The van der Waals surface area contributed by atoms with Crippen LogP contribution in [-0.4, -0.2) is 47.4 Å². The largest absolute Gasteiger partial charge is 0.494 e. The summed E-state index contributed by atoms with van der Waals surface area (Å²) in [4.78, 5) is 27.2. The standard InChI is InChI=1S/C19H24N2O3S/c1-4-5-6-7-12-24-15-10-8-14(9-11-15)13-16-17(22)20(2)19(25)21(3)18(16)23/h8-11,13H,4-7,12H2,1-3H3. The van der Waals surface area contributed by atoms with Crippen molar-refractivity contribution in [1.82, 2.24) is 9.80 Å². The highest BCUT2D eigenvalue weighted by molar-refractivity contribution is 7.80. The van der Waals surface area contributed by atoms with Gasteiger partial charge in [0.1, 0.15) is 11.3 Å². The Balaban J connectivity index is 2.04. The van der Waals surface area contributed by atoms with Gasteiger partial charge in [-0.3, -0.25) is 19.4 Å². The normalized spacial score (nSPS) is 15.0. The summed E-state index contributed by atoms with van der Waals surface area (Å²) in [5.41, 5.74) is 0.872. The van der Waals surface area contributed by atoms with Crippen LogP contribution in [0.3, 0.4) is 0 Å². The molecule has 0 saturated carbocycles. The summed E-state index contributed by atoms with van der Waals surface area (Å²) in [5.74, 6) is 0.0176. The molecule has 134 valence electrons. The van der Waals surface area contributed by atoms with E-state index in [0.29, 0.717) is 6.61 Å². The Morgan fingerprint density at radius 2 is 1.60 bits per heavy atom. The van der Waals surface area contributed by atoms with E-state index in [0.717, 1.165) is 17.7 Å². The van der Waals surface area contributed by atoms with Crippen molar-refractivity contribution in [2.24, 2.45) is 0 Å². The first kappa shape index (κ1) is 19.1. The van der Waals surface area contributed by atoms with E-state index >= 15 is 0 Å². The molecule has 0 atom stereocenters. The maximum Gasteiger partial charge on any atom is 0.265 e. The molecular formula is C19H24N2O3S. The Hall–Kier alpha value is -2.21. The van der Waals surface area contributed by atoms with Crippen molar-refractivity contribution in [1.29, 1.82) is 0 Å². The van der Waals surface area contributed by atoms with Crippen LogP contribution in [0.2, 0.25) is 0 Å². The van der Waals surface area contributed by atoms with Gasteiger partial charge in [0.2, 0.25) is 0 Å². The molecule has 0 spiro atoms. The van der Waals surface area contributed by atoms with Crippen LogP contribution in [0.25, 0.3) is 6.08 Å². The molecule has 0 aromatic heterocycles. The van der Waals surface area contributed by atoms with Crippen LogP contribution in [0.1, 0.15) is 38.2 Å². The molecule has 0 N–H and O–H groups in total. The molecule has 1 fully saturated rings. The summed E-state index contributed by atoms with van der Waals surface area (Å²) >= 11 is 5.07. The van der Waals surface area contributed by atoms with Crippen LogP contribution in [0.15, 0.2) is 29.8 Å². The second-order valence-corrected chi connectivity index (χ2v) is 6.41. The number of ether oxygens (including phenoxy) is 1. The average Bonchev–Trinajstić information content (AvgIpc) is 2.63. The zero-order chi connectivity index (χ0) is 18.4. The SMILES string of the molecule is CCCCCCOc1ccc(C=C2C(=O)N(C)C(=S)N(C)C2=O)cc1. The molecule has 25 heavy (non-hydrogen) atoms. The van der Waals surface area contributed by atoms with Gasteiger partial charge in [-0.05, 0) is 42.4 Å². The van der Waals surface area contributed by atoms with Gasteiger partial charge in [-0.1, -0.05) is 38.3 Å². The van der Waals surface area contributed by atoms with E-state index < -0.39 is 0 Å². The molecule has 1 saturated heterocycles. The van der Waals surface area contributed by atoms with Crippen LogP contribution < -0.4 is 4.74 Å². The van der Waals surface area contributed by atoms with Gasteiger partial charge in [0.15, 0.2) is 5.11 Å². The van der Waals surface area contributed by atoms with Gasteiger partial charge in [-0.25, -0.2) is 0 Å². The summed E-state index contributed by atoms with van der Waals surface area (Å²) < 4.78 is 5.70. The van der Waals surface area contributed by atoms with Gasteiger partial charge in [0, 0.05) is 14.1 Å². The van der Waals surface area contributed by atoms with Gasteiger partial charge in [-0.15, -0.1) is 0 Å². The van der Waals surface area contributed by atoms with Crippen molar-refractivity contribution < 1.29 is 14.3 Å². The number of likely N-dealkylation sites (N-methyl/N-ethyl adjacent to an activating group) is 2. The zero-order valence-corrected chi connectivity index (χ0v) is 15.8. The fraction of sp³-hybridized carbons (Fsp3) is 0.421. The fourth-order valence-corrected chi connectivity index (χ4v) is 2.69. The van der Waals surface area contributed by atoms with Crippen molar-refractivity contribution in [2.45, 2.75) is 32.6 Å². The van der Waals surface area contributed by atoms with Crippen molar-refractivity contribution in [3.63, 3.8) is 0 Å². The van der Waals surface area contributed by atoms with Crippen LogP contribution in [0.5, 0.6) is 5.75 Å². The topological polar surface area (TPSA) is 49.9 Å². The number of nitrogens with zero attached hydrogens (tertiary/aromatic N) is 2. The molecule has 1 heterocycles. The first-order valence-corrected chi connectivity index (χ1v) is 8.91. The van der Waals surface area contributed by atoms with Gasteiger partial charge in [0.05, 0.1) is 6.61 Å². The number of rotatable bonds is 7. The minimum atomic E-state index is -0.385. The molecule has 1 aromatic rings. The van der Waals surface area contributed by atoms with Crippen molar-refractivity contribution in [2.75, 3.05) is 20.7 Å². The molecule has 1 aliphatic rings. The van der Waals surface area contributed by atoms with Crippen molar-refractivity contribution in [3.8, 4) is 5.75 Å². The molecule has 5 nitrogen and oxygen atoms in total. The lowest BCUT2D eigenvalue weighted by molar-refractivity contribution is -0.132. The minimum absolute atomic E-state index is 0.104. The minimum Gasteiger partial charge on any atom is -0.494 e. The van der Waals surface area contributed by atoms with E-state index in [1.54, 1.807) is 20.2 Å². The number of benzene rings is 1. The maximum atomic E-state index is 12.3. The molecule has 2 amide bonds. The Morgan fingerprint density at radius 1 is 1.00 bits per heavy atom. The van der Waals surface area contributed by atoms with Gasteiger partial charge >= 0.3 is 0 Å². The summed E-state index contributed by atoms with van der Waals surface area (Å²) in [6.07, 6.45) is 6.24. The second-order valence-electron chi connectivity index (χ2n) is 6.05. The molecule has 0 radical (unpaired) electrons. The number of hydrogen-bond acceptors (Lipinski definition) is 4. The highest BCUT2D eigenvalue weighted by Gasteiger charge is 2.35. The quantitative estimate of drug-likeness (QED) is 0.324. The predicted molar refractivity (Wildman–Crippen MR) is 102 cm³/mol. The summed E-state index contributed by atoms with van der Waals surface area (Å²) in [6.45, 7) is 2.88. The number of hydrogen-bond donors (Lipinski definition) is 0. The maximum absolute atomic E-state index is 12.3. The Morgan fingerprint density at radius 3 is 2.16 bits per heavy atom. The number of carbonyl (C=O) groups is 2. The second kappa shape index (κ2) is 8.76. The van der Waals surface area contributed by atoms with E-state index in [1.807, 2.05) is 24.3 Å². The molecule has 6 heteroatoms. The molecule has 0 bridgehead atoms. The fourth-order valence-electron chi connectivity index (χ4n) is 2.52. The lowest BCUT2D eigenvalue weighted by atomic mass is 10.1. The Bertz CT molecular complexity index is 656. The van der Waals surface area contributed by atoms with E-state index in [1.165, 1.54) is 29.1 Å². The van der Waals surface area contributed by atoms with Gasteiger partial charge in [-0.2, -0.15) is 0 Å². The van der Waals surface area contributed by atoms with Crippen LogP contribution >= 0.6 is 12.2 Å². The average molecular weight is 360 g/mol. The lowest BCUT2D eigenvalue weighted by Crippen LogP contribution is -2.52. The zero-order valence-electron chi connectivity index (χ0n) is 14.9. The highest BCUT2D eigenvalue weighted by Crippen LogP contribution is 2.20.